The summed E-state index contributed by atoms with van der Waals surface area (Å²) < 4.78 is 7.23. The number of aromatic nitrogens is 1. The molecule has 6 rings (SSSR count). The van der Waals surface area contributed by atoms with Gasteiger partial charge in [0.05, 0.1) is 28.3 Å². The lowest BCUT2D eigenvalue weighted by molar-refractivity contribution is -0.386. The number of phenolic OH excluding ortho intramolecular Hbond substituents is 1. The molecule has 0 spiro atoms. The van der Waals surface area contributed by atoms with Crippen LogP contribution < -0.4 is 19.6 Å². The summed E-state index contributed by atoms with van der Waals surface area (Å²) in [6.45, 7) is 0. The number of thiazole rings is 1. The van der Waals surface area contributed by atoms with E-state index in [2.05, 4.69) is 12.1 Å². The van der Waals surface area contributed by atoms with Crippen LogP contribution in [0, 0.1) is 10.1 Å². The fourth-order valence-corrected chi connectivity index (χ4v) is 6.10. The second kappa shape index (κ2) is 8.86. The smallest absolute Gasteiger partial charge is 0.315 e. The third-order valence-electron chi connectivity index (χ3n) is 6.78. The zero-order valence-corrected chi connectivity index (χ0v) is 20.6. The van der Waals surface area contributed by atoms with Crippen molar-refractivity contribution in [3.05, 3.63) is 124 Å². The molecule has 37 heavy (non-hydrogen) atoms. The molecular weight excluding hydrogens is 490 g/mol. The topological polar surface area (TPSA) is 107 Å². The Bertz CT molecular complexity index is 1790. The Kier molecular flexibility index (Phi) is 5.49. The summed E-state index contributed by atoms with van der Waals surface area (Å²) in [4.78, 5) is 30.1. The first kappa shape index (κ1) is 22.9. The molecule has 2 heterocycles. The van der Waals surface area contributed by atoms with Gasteiger partial charge < -0.3 is 9.84 Å². The van der Waals surface area contributed by atoms with E-state index in [4.69, 9.17) is 9.73 Å². The minimum Gasteiger partial charge on any atom is -0.500 e. The molecule has 0 radical (unpaired) electrons. The van der Waals surface area contributed by atoms with Crippen molar-refractivity contribution in [2.24, 2.45) is 4.99 Å². The molecule has 0 unspecified atom stereocenters. The second-order valence-electron chi connectivity index (χ2n) is 8.87. The number of nitro groups is 1. The van der Waals surface area contributed by atoms with Crippen molar-refractivity contribution >= 4 is 28.8 Å². The number of benzene rings is 3. The summed E-state index contributed by atoms with van der Waals surface area (Å²) in [7, 11) is 1.32. The van der Waals surface area contributed by atoms with E-state index < -0.39 is 16.4 Å². The first-order chi connectivity index (χ1) is 18.0. The molecule has 9 heteroatoms. The molecule has 0 bridgehead atoms. The van der Waals surface area contributed by atoms with Gasteiger partial charge in [-0.15, -0.1) is 0 Å². The van der Waals surface area contributed by atoms with Crippen molar-refractivity contribution in [2.75, 3.05) is 7.11 Å². The third kappa shape index (κ3) is 3.75. The molecule has 0 amide bonds. The number of allylic oxidation sites excluding steroid dienone is 1. The molecule has 1 aliphatic heterocycles. The number of aromatic hydroxyl groups is 1. The van der Waals surface area contributed by atoms with E-state index in [0.717, 1.165) is 35.2 Å². The molecule has 184 valence electrons. The Labute approximate surface area is 214 Å². The minimum absolute atomic E-state index is 0.0394. The highest BCUT2D eigenvalue weighted by molar-refractivity contribution is 7.07. The van der Waals surface area contributed by atoms with Crippen molar-refractivity contribution in [1.29, 1.82) is 0 Å². The van der Waals surface area contributed by atoms with E-state index in [0.29, 0.717) is 14.9 Å². The van der Waals surface area contributed by atoms with Crippen molar-refractivity contribution in [3.8, 4) is 11.5 Å². The summed E-state index contributed by atoms with van der Waals surface area (Å²) in [5.74, 6) is -0.594. The summed E-state index contributed by atoms with van der Waals surface area (Å²) in [6.07, 6.45) is 3.24. The second-order valence-corrected chi connectivity index (χ2v) is 9.88. The SMILES string of the molecule is COc1cc(/C=c2\sc3n(c2=O)[C@H](c2ccccc2)C2=C(N=3)c3ccccc3CC2)cc([N+](=O)[O-])c1O. The predicted molar refractivity (Wildman–Crippen MR) is 141 cm³/mol. The first-order valence-electron chi connectivity index (χ1n) is 11.7. The van der Waals surface area contributed by atoms with Crippen LogP contribution in [0.1, 0.15) is 34.7 Å². The number of hydrogen-bond acceptors (Lipinski definition) is 7. The van der Waals surface area contributed by atoms with Gasteiger partial charge in [0, 0.05) is 11.6 Å². The van der Waals surface area contributed by atoms with Crippen molar-refractivity contribution in [1.82, 2.24) is 4.57 Å². The molecule has 0 fully saturated rings. The molecule has 4 aromatic rings. The summed E-state index contributed by atoms with van der Waals surface area (Å²) in [6, 6.07) is 20.5. The van der Waals surface area contributed by atoms with Gasteiger partial charge in [0.1, 0.15) is 0 Å². The zero-order valence-electron chi connectivity index (χ0n) is 19.7. The largest absolute Gasteiger partial charge is 0.500 e. The predicted octanol–water partition coefficient (Wildman–Crippen LogP) is 3.94. The Hall–Kier alpha value is -4.50. The first-order valence-corrected chi connectivity index (χ1v) is 12.5. The van der Waals surface area contributed by atoms with Crippen LogP contribution in [0.25, 0.3) is 11.8 Å². The van der Waals surface area contributed by atoms with Gasteiger partial charge >= 0.3 is 5.69 Å². The number of nitrogens with zero attached hydrogens (tertiary/aromatic N) is 3. The van der Waals surface area contributed by atoms with Crippen LogP contribution >= 0.6 is 11.3 Å². The number of nitro benzene ring substituents is 1. The summed E-state index contributed by atoms with van der Waals surface area (Å²) >= 11 is 1.24. The number of ether oxygens (including phenoxy) is 1. The minimum atomic E-state index is -0.683. The Morgan fingerprint density at radius 2 is 1.89 bits per heavy atom. The van der Waals surface area contributed by atoms with E-state index in [1.165, 1.54) is 36.1 Å². The average molecular weight is 512 g/mol. The van der Waals surface area contributed by atoms with E-state index in [1.54, 1.807) is 10.6 Å². The van der Waals surface area contributed by atoms with Crippen LogP contribution in [0.5, 0.6) is 11.5 Å². The van der Waals surface area contributed by atoms with Gasteiger partial charge in [0.25, 0.3) is 5.56 Å². The van der Waals surface area contributed by atoms with Gasteiger partial charge in [0.15, 0.2) is 10.6 Å². The van der Waals surface area contributed by atoms with Crippen molar-refractivity contribution in [3.63, 3.8) is 0 Å². The van der Waals surface area contributed by atoms with E-state index in [1.807, 2.05) is 42.5 Å². The van der Waals surface area contributed by atoms with Crippen LogP contribution in [0.2, 0.25) is 0 Å². The van der Waals surface area contributed by atoms with Crippen LogP contribution in [0.3, 0.4) is 0 Å². The van der Waals surface area contributed by atoms with E-state index in [9.17, 15) is 20.0 Å². The number of aryl methyl sites for hydroxylation is 1. The highest BCUT2D eigenvalue weighted by Gasteiger charge is 2.32. The van der Waals surface area contributed by atoms with Gasteiger partial charge in [-0.25, -0.2) is 4.99 Å². The molecule has 3 aromatic carbocycles. The summed E-state index contributed by atoms with van der Waals surface area (Å²) in [5, 5.41) is 21.6. The lowest BCUT2D eigenvalue weighted by Gasteiger charge is -2.30. The maximum absolute atomic E-state index is 13.8. The van der Waals surface area contributed by atoms with Gasteiger partial charge in [-0.3, -0.25) is 19.5 Å². The molecule has 1 atom stereocenters. The summed E-state index contributed by atoms with van der Waals surface area (Å²) in [5.41, 5.74) is 4.98. The van der Waals surface area contributed by atoms with Crippen LogP contribution in [0.4, 0.5) is 5.69 Å². The Balaban J connectivity index is 1.60. The number of phenols is 1. The maximum Gasteiger partial charge on any atom is 0.315 e. The normalized spacial score (nSPS) is 16.5. The molecule has 8 nitrogen and oxygen atoms in total. The van der Waals surface area contributed by atoms with E-state index in [-0.39, 0.29) is 17.4 Å². The number of methoxy groups -OCH3 is 1. The molecule has 1 aliphatic carbocycles. The Morgan fingerprint density at radius 1 is 1.14 bits per heavy atom. The zero-order chi connectivity index (χ0) is 25.7. The van der Waals surface area contributed by atoms with Gasteiger partial charge in [-0.1, -0.05) is 65.9 Å². The highest BCUT2D eigenvalue weighted by Crippen LogP contribution is 2.41. The quantitative estimate of drug-likeness (QED) is 0.330. The van der Waals surface area contributed by atoms with Crippen molar-refractivity contribution in [2.45, 2.75) is 18.9 Å². The molecule has 2 aliphatic rings. The third-order valence-corrected chi connectivity index (χ3v) is 7.76. The van der Waals surface area contributed by atoms with Crippen LogP contribution in [-0.2, 0) is 6.42 Å². The number of rotatable bonds is 4. The lowest BCUT2D eigenvalue weighted by atomic mass is 9.83. The fraction of sp³-hybridized carbons (Fsp3) is 0.143. The van der Waals surface area contributed by atoms with Crippen LogP contribution in [-0.4, -0.2) is 21.7 Å². The molecule has 1 N–H and O–H groups in total. The lowest BCUT2D eigenvalue weighted by Crippen LogP contribution is -2.38. The van der Waals surface area contributed by atoms with Crippen LogP contribution in [0.15, 0.2) is 82.1 Å². The monoisotopic (exact) mass is 511 g/mol. The standard InChI is InChI=1S/C28H21N3O5S/c1-36-22-14-16(13-21(26(22)32)31(34)35)15-23-27(33)30-25(18-8-3-2-4-9-18)20-12-11-17-7-5-6-10-19(17)24(20)29-28(30)37-23/h2-10,13-15,25,32H,11-12H2,1H3/b23-15-/t25-/m1/s1. The highest BCUT2D eigenvalue weighted by atomic mass is 32.1. The Morgan fingerprint density at radius 3 is 2.65 bits per heavy atom. The van der Waals surface area contributed by atoms with Gasteiger partial charge in [-0.2, -0.15) is 0 Å². The van der Waals surface area contributed by atoms with Crippen molar-refractivity contribution < 1.29 is 14.8 Å². The molecule has 1 aromatic heterocycles. The van der Waals surface area contributed by atoms with E-state index >= 15 is 0 Å². The molecular formula is C28H21N3O5S. The maximum atomic E-state index is 13.8. The number of fused-ring (bicyclic) bond motifs is 3. The van der Waals surface area contributed by atoms with Gasteiger partial charge in [0.2, 0.25) is 5.75 Å². The van der Waals surface area contributed by atoms with Gasteiger partial charge in [-0.05, 0) is 47.2 Å². The molecule has 0 saturated carbocycles. The number of hydrogen-bond donors (Lipinski definition) is 1. The molecule has 0 saturated heterocycles. The fourth-order valence-electron chi connectivity index (χ4n) is 5.10. The average Bonchev–Trinajstić information content (AvgIpc) is 3.22.